The zero-order chi connectivity index (χ0) is 11.1. The van der Waals surface area contributed by atoms with Crippen LogP contribution in [0.4, 0.5) is 0 Å². The van der Waals surface area contributed by atoms with Gasteiger partial charge in [-0.2, -0.15) is 0 Å². The number of aromatic amines is 1. The molecule has 1 aromatic heterocycles. The highest BCUT2D eigenvalue weighted by Crippen LogP contribution is 2.45. The van der Waals surface area contributed by atoms with Crippen molar-refractivity contribution in [1.82, 2.24) is 9.97 Å². The van der Waals surface area contributed by atoms with Crippen LogP contribution >= 0.6 is 0 Å². The number of aromatic nitrogens is 2. The summed E-state index contributed by atoms with van der Waals surface area (Å²) < 4.78 is 0. The molecule has 4 nitrogen and oxygen atoms in total. The first-order valence-corrected chi connectivity index (χ1v) is 5.24. The van der Waals surface area contributed by atoms with E-state index in [1.165, 1.54) is 0 Å². The Morgan fingerprint density at radius 1 is 1.73 bits per heavy atom. The lowest BCUT2D eigenvalue weighted by Crippen LogP contribution is -2.30. The lowest BCUT2D eigenvalue weighted by atomic mass is 9.68. The van der Waals surface area contributed by atoms with Gasteiger partial charge in [0.25, 0.3) is 0 Å². The summed E-state index contributed by atoms with van der Waals surface area (Å²) >= 11 is 0. The predicted molar refractivity (Wildman–Crippen MR) is 55.7 cm³/mol. The number of carbonyl (C=O) groups is 1. The molecule has 0 saturated carbocycles. The Labute approximate surface area is 88.7 Å². The lowest BCUT2D eigenvalue weighted by Gasteiger charge is -2.36. The molecule has 1 heterocycles. The zero-order valence-corrected chi connectivity index (χ0v) is 9.08. The maximum Gasteiger partial charge on any atom is 0.304 e. The van der Waals surface area contributed by atoms with E-state index in [1.807, 2.05) is 0 Å². The SMILES string of the molecule is CC1(C)CCc2[nH]cnc2C1CC(=O)O. The lowest BCUT2D eigenvalue weighted by molar-refractivity contribution is -0.138. The number of hydrogen-bond donors (Lipinski definition) is 2. The van der Waals surface area contributed by atoms with Crippen molar-refractivity contribution in [2.75, 3.05) is 0 Å². The summed E-state index contributed by atoms with van der Waals surface area (Å²) in [5.41, 5.74) is 2.09. The highest BCUT2D eigenvalue weighted by atomic mass is 16.4. The van der Waals surface area contributed by atoms with Gasteiger partial charge in [0, 0.05) is 11.6 Å². The molecule has 1 aromatic rings. The minimum atomic E-state index is -0.746. The number of rotatable bonds is 2. The fourth-order valence-electron chi connectivity index (χ4n) is 2.37. The second-order valence-electron chi connectivity index (χ2n) is 4.91. The Morgan fingerprint density at radius 2 is 2.47 bits per heavy atom. The minimum Gasteiger partial charge on any atom is -0.481 e. The maximum absolute atomic E-state index is 10.8. The molecule has 1 atom stereocenters. The molecule has 15 heavy (non-hydrogen) atoms. The minimum absolute atomic E-state index is 0.0284. The summed E-state index contributed by atoms with van der Waals surface area (Å²) in [4.78, 5) is 18.2. The number of aryl methyl sites for hydroxylation is 1. The van der Waals surface area contributed by atoms with Crippen molar-refractivity contribution in [3.8, 4) is 0 Å². The van der Waals surface area contributed by atoms with E-state index < -0.39 is 5.97 Å². The van der Waals surface area contributed by atoms with E-state index in [4.69, 9.17) is 5.11 Å². The van der Waals surface area contributed by atoms with Gasteiger partial charge in [-0.25, -0.2) is 4.98 Å². The van der Waals surface area contributed by atoms with E-state index in [1.54, 1.807) is 6.33 Å². The van der Waals surface area contributed by atoms with Crippen molar-refractivity contribution in [2.45, 2.75) is 39.0 Å². The molecule has 0 spiro atoms. The largest absolute Gasteiger partial charge is 0.481 e. The third-order valence-corrected chi connectivity index (χ3v) is 3.42. The quantitative estimate of drug-likeness (QED) is 0.780. The first-order valence-electron chi connectivity index (χ1n) is 5.24. The number of aliphatic carboxylic acids is 1. The second kappa shape index (κ2) is 3.36. The van der Waals surface area contributed by atoms with Crippen LogP contribution in [0.15, 0.2) is 6.33 Å². The summed E-state index contributed by atoms with van der Waals surface area (Å²) in [6.45, 7) is 4.25. The third kappa shape index (κ3) is 1.76. The molecule has 1 unspecified atom stereocenters. The zero-order valence-electron chi connectivity index (χ0n) is 9.08. The van der Waals surface area contributed by atoms with E-state index in [0.717, 1.165) is 24.2 Å². The highest BCUT2D eigenvalue weighted by Gasteiger charge is 2.38. The maximum atomic E-state index is 10.8. The van der Waals surface area contributed by atoms with Crippen molar-refractivity contribution in [3.05, 3.63) is 17.7 Å². The fourth-order valence-corrected chi connectivity index (χ4v) is 2.37. The molecule has 4 heteroatoms. The molecule has 1 aliphatic carbocycles. The molecule has 2 rings (SSSR count). The number of carboxylic acid groups (broad SMARTS) is 1. The summed E-state index contributed by atoms with van der Waals surface area (Å²) in [5.74, 6) is -0.714. The molecular weight excluding hydrogens is 192 g/mol. The first-order chi connectivity index (χ1) is 7.00. The monoisotopic (exact) mass is 208 g/mol. The Kier molecular flexibility index (Phi) is 2.29. The molecule has 0 bridgehead atoms. The van der Waals surface area contributed by atoms with E-state index >= 15 is 0 Å². The smallest absolute Gasteiger partial charge is 0.304 e. The number of imidazole rings is 1. The summed E-state index contributed by atoms with van der Waals surface area (Å²) in [7, 11) is 0. The molecule has 0 saturated heterocycles. The molecule has 0 radical (unpaired) electrons. The third-order valence-electron chi connectivity index (χ3n) is 3.42. The van der Waals surface area contributed by atoms with E-state index in [0.29, 0.717) is 0 Å². The summed E-state index contributed by atoms with van der Waals surface area (Å²) in [6, 6.07) is 0. The number of carboxylic acids is 1. The van der Waals surface area contributed by atoms with Crippen molar-refractivity contribution >= 4 is 5.97 Å². The van der Waals surface area contributed by atoms with Gasteiger partial charge in [0.1, 0.15) is 0 Å². The van der Waals surface area contributed by atoms with Crippen molar-refractivity contribution in [1.29, 1.82) is 0 Å². The van der Waals surface area contributed by atoms with Crippen LogP contribution in [0.1, 0.15) is 44.0 Å². The van der Waals surface area contributed by atoms with Gasteiger partial charge in [-0.05, 0) is 18.3 Å². The van der Waals surface area contributed by atoms with Gasteiger partial charge >= 0.3 is 5.97 Å². The van der Waals surface area contributed by atoms with Crippen LogP contribution in [0, 0.1) is 5.41 Å². The van der Waals surface area contributed by atoms with Crippen molar-refractivity contribution in [3.63, 3.8) is 0 Å². The van der Waals surface area contributed by atoms with Gasteiger partial charge in [-0.1, -0.05) is 13.8 Å². The highest BCUT2D eigenvalue weighted by molar-refractivity contribution is 5.68. The average molecular weight is 208 g/mol. The summed E-state index contributed by atoms with van der Waals surface area (Å²) in [5, 5.41) is 8.92. The van der Waals surface area contributed by atoms with E-state index in [-0.39, 0.29) is 17.8 Å². The molecule has 1 aliphatic rings. The molecule has 0 amide bonds. The van der Waals surface area contributed by atoms with Gasteiger partial charge in [0.2, 0.25) is 0 Å². The van der Waals surface area contributed by atoms with Gasteiger partial charge in [0.05, 0.1) is 18.4 Å². The molecule has 2 N–H and O–H groups in total. The van der Waals surface area contributed by atoms with Crippen molar-refractivity contribution in [2.24, 2.45) is 5.41 Å². The van der Waals surface area contributed by atoms with Gasteiger partial charge < -0.3 is 10.1 Å². The van der Waals surface area contributed by atoms with Crippen LogP contribution in [-0.2, 0) is 11.2 Å². The summed E-state index contributed by atoms with van der Waals surface area (Å²) in [6.07, 6.45) is 3.82. The van der Waals surface area contributed by atoms with Crippen LogP contribution in [0.2, 0.25) is 0 Å². The molecular formula is C11H16N2O2. The van der Waals surface area contributed by atoms with E-state index in [9.17, 15) is 4.79 Å². The van der Waals surface area contributed by atoms with Gasteiger partial charge in [-0.3, -0.25) is 4.79 Å². The second-order valence-corrected chi connectivity index (χ2v) is 4.91. The van der Waals surface area contributed by atoms with Gasteiger partial charge in [0.15, 0.2) is 0 Å². The van der Waals surface area contributed by atoms with Crippen LogP contribution in [-0.4, -0.2) is 21.0 Å². The first kappa shape index (κ1) is 10.2. The normalized spacial score (nSPS) is 23.5. The Bertz CT molecular complexity index is 382. The van der Waals surface area contributed by atoms with Crippen LogP contribution < -0.4 is 0 Å². The van der Waals surface area contributed by atoms with Crippen LogP contribution in [0.3, 0.4) is 0 Å². The molecule has 0 fully saturated rings. The topological polar surface area (TPSA) is 66.0 Å². The van der Waals surface area contributed by atoms with Crippen LogP contribution in [0.5, 0.6) is 0 Å². The Hall–Kier alpha value is -1.32. The number of H-pyrrole nitrogens is 1. The average Bonchev–Trinajstić information content (AvgIpc) is 2.57. The van der Waals surface area contributed by atoms with Crippen molar-refractivity contribution < 1.29 is 9.90 Å². The standard InChI is InChI=1S/C11H16N2O2/c1-11(2)4-3-8-10(13-6-12-8)7(11)5-9(14)15/h6-7H,3-5H2,1-2H3,(H,12,13)(H,14,15). The molecule has 82 valence electrons. The Balaban J connectivity index is 2.35. The van der Waals surface area contributed by atoms with Gasteiger partial charge in [-0.15, -0.1) is 0 Å². The predicted octanol–water partition coefficient (Wildman–Crippen LogP) is 1.94. The van der Waals surface area contributed by atoms with Crippen LogP contribution in [0.25, 0.3) is 0 Å². The molecule has 0 aliphatic heterocycles. The molecule has 0 aromatic carbocycles. The number of nitrogens with zero attached hydrogens (tertiary/aromatic N) is 1. The number of fused-ring (bicyclic) bond motifs is 1. The number of nitrogens with one attached hydrogen (secondary N) is 1. The number of hydrogen-bond acceptors (Lipinski definition) is 2. The fraction of sp³-hybridized carbons (Fsp3) is 0.636. The Morgan fingerprint density at radius 3 is 3.13 bits per heavy atom. The van der Waals surface area contributed by atoms with E-state index in [2.05, 4.69) is 23.8 Å².